The zero-order chi connectivity index (χ0) is 19.7. The second-order valence-electron chi connectivity index (χ2n) is 6.23. The normalized spacial score (nSPS) is 13.2. The number of ether oxygens (including phenoxy) is 3. The van der Waals surface area contributed by atoms with Gasteiger partial charge in [0.1, 0.15) is 4.88 Å². The summed E-state index contributed by atoms with van der Waals surface area (Å²) in [5.74, 6) is 2.31. The van der Waals surface area contributed by atoms with Crippen LogP contribution in [0.1, 0.15) is 34.9 Å². The van der Waals surface area contributed by atoms with E-state index < -0.39 is 0 Å². The monoisotopic (exact) mass is 401 g/mol. The van der Waals surface area contributed by atoms with Crippen molar-refractivity contribution >= 4 is 22.9 Å². The van der Waals surface area contributed by atoms with E-state index in [1.54, 1.807) is 18.2 Å². The summed E-state index contributed by atoms with van der Waals surface area (Å²) in [6.07, 6.45) is 2.18. The lowest BCUT2D eigenvalue weighted by Gasteiger charge is -2.15. The van der Waals surface area contributed by atoms with Crippen LogP contribution in [0.25, 0.3) is 10.8 Å². The molecule has 0 atom stereocenters. The summed E-state index contributed by atoms with van der Waals surface area (Å²) in [4.78, 5) is 18.1. The molecule has 1 aromatic carbocycles. The molecular formula is C19H19N3O5S. The fourth-order valence-electron chi connectivity index (χ4n) is 2.88. The van der Waals surface area contributed by atoms with E-state index in [-0.39, 0.29) is 5.91 Å². The molecule has 0 spiro atoms. The quantitative estimate of drug-likeness (QED) is 0.640. The third-order valence-electron chi connectivity index (χ3n) is 4.44. The molecule has 8 nitrogen and oxygen atoms in total. The number of hydrogen-bond acceptors (Lipinski definition) is 8. The predicted octanol–water partition coefficient (Wildman–Crippen LogP) is 3.95. The Morgan fingerprint density at radius 3 is 2.61 bits per heavy atom. The van der Waals surface area contributed by atoms with Gasteiger partial charge in [0.25, 0.3) is 11.8 Å². The summed E-state index contributed by atoms with van der Waals surface area (Å²) in [7, 11) is 4.49. The van der Waals surface area contributed by atoms with Crippen molar-refractivity contribution in [2.45, 2.75) is 18.8 Å². The largest absolute Gasteiger partial charge is 0.493 e. The zero-order valence-corrected chi connectivity index (χ0v) is 16.5. The molecule has 0 saturated heterocycles. The molecule has 9 heteroatoms. The van der Waals surface area contributed by atoms with Crippen molar-refractivity contribution < 1.29 is 23.5 Å². The number of rotatable bonds is 7. The molecule has 1 amide bonds. The maximum atomic E-state index is 12.9. The van der Waals surface area contributed by atoms with Gasteiger partial charge in [0.2, 0.25) is 5.75 Å². The van der Waals surface area contributed by atoms with Crippen LogP contribution in [0.15, 0.2) is 28.1 Å². The Kier molecular flexibility index (Phi) is 4.91. The van der Waals surface area contributed by atoms with Crippen molar-refractivity contribution in [1.82, 2.24) is 10.1 Å². The molecule has 0 bridgehead atoms. The number of aromatic nitrogens is 2. The average molecular weight is 401 g/mol. The summed E-state index contributed by atoms with van der Waals surface area (Å²) >= 11 is 1.42. The molecule has 146 valence electrons. The first-order valence-electron chi connectivity index (χ1n) is 8.68. The fraction of sp³-hybridized carbons (Fsp3) is 0.316. The van der Waals surface area contributed by atoms with Crippen LogP contribution in [0.5, 0.6) is 17.2 Å². The molecule has 1 aliphatic carbocycles. The lowest BCUT2D eigenvalue weighted by atomic mass is 10.1. The number of benzene rings is 1. The van der Waals surface area contributed by atoms with Gasteiger partial charge < -0.3 is 24.1 Å². The summed E-state index contributed by atoms with van der Waals surface area (Å²) in [5.41, 5.74) is 0.916. The van der Waals surface area contributed by atoms with Crippen molar-refractivity contribution in [3.63, 3.8) is 0 Å². The van der Waals surface area contributed by atoms with E-state index in [0.717, 1.165) is 18.7 Å². The number of hydrogen-bond donors (Lipinski definition) is 1. The second-order valence-corrected chi connectivity index (χ2v) is 7.15. The highest BCUT2D eigenvalue weighted by atomic mass is 32.1. The molecule has 0 aliphatic heterocycles. The van der Waals surface area contributed by atoms with Gasteiger partial charge in [-0.05, 0) is 36.4 Å². The highest BCUT2D eigenvalue weighted by Crippen LogP contribution is 2.42. The number of amides is 1. The van der Waals surface area contributed by atoms with E-state index >= 15 is 0 Å². The van der Waals surface area contributed by atoms with Crippen LogP contribution < -0.4 is 19.5 Å². The van der Waals surface area contributed by atoms with E-state index in [1.165, 1.54) is 32.7 Å². The van der Waals surface area contributed by atoms with E-state index in [1.807, 2.05) is 5.38 Å². The summed E-state index contributed by atoms with van der Waals surface area (Å²) in [6, 6.07) is 5.08. The first-order valence-corrected chi connectivity index (χ1v) is 9.56. The third kappa shape index (κ3) is 3.29. The molecule has 2 aromatic heterocycles. The smallest absolute Gasteiger partial charge is 0.270 e. The topological polar surface area (TPSA) is 95.7 Å². The first kappa shape index (κ1) is 18.3. The van der Waals surface area contributed by atoms with Crippen LogP contribution in [0.2, 0.25) is 0 Å². The van der Waals surface area contributed by atoms with Crippen molar-refractivity contribution in [3.05, 3.63) is 35.0 Å². The molecule has 1 N–H and O–H groups in total. The van der Waals surface area contributed by atoms with Crippen LogP contribution >= 0.6 is 11.3 Å². The van der Waals surface area contributed by atoms with Crippen LogP contribution in [0, 0.1) is 0 Å². The number of nitrogens with zero attached hydrogens (tertiary/aromatic N) is 2. The molecule has 2 heterocycles. The van der Waals surface area contributed by atoms with E-state index in [4.69, 9.17) is 18.7 Å². The Morgan fingerprint density at radius 1 is 1.14 bits per heavy atom. The van der Waals surface area contributed by atoms with Crippen LogP contribution in [0.3, 0.4) is 0 Å². The van der Waals surface area contributed by atoms with Gasteiger partial charge in [-0.2, -0.15) is 4.98 Å². The van der Waals surface area contributed by atoms with Crippen LogP contribution in [-0.4, -0.2) is 37.4 Å². The van der Waals surface area contributed by atoms with Gasteiger partial charge in [0, 0.05) is 5.92 Å². The Hall–Kier alpha value is -3.07. The predicted molar refractivity (Wildman–Crippen MR) is 104 cm³/mol. The Balaban J connectivity index is 1.62. The minimum absolute atomic E-state index is 0.296. The van der Waals surface area contributed by atoms with E-state index in [9.17, 15) is 4.79 Å². The Morgan fingerprint density at radius 2 is 1.93 bits per heavy atom. The Bertz CT molecular complexity index is 1010. The highest BCUT2D eigenvalue weighted by Gasteiger charge is 2.30. The molecule has 3 aromatic rings. The lowest BCUT2D eigenvalue weighted by molar-refractivity contribution is 0.102. The lowest BCUT2D eigenvalue weighted by Crippen LogP contribution is -2.14. The average Bonchev–Trinajstić information content (AvgIpc) is 3.27. The van der Waals surface area contributed by atoms with Gasteiger partial charge in [-0.25, -0.2) is 0 Å². The number of methoxy groups -OCH3 is 3. The molecule has 0 unspecified atom stereocenters. The van der Waals surface area contributed by atoms with Crippen molar-refractivity contribution in [1.29, 1.82) is 0 Å². The van der Waals surface area contributed by atoms with E-state index in [2.05, 4.69) is 15.5 Å². The molecule has 28 heavy (non-hydrogen) atoms. The maximum Gasteiger partial charge on any atom is 0.270 e. The third-order valence-corrected chi connectivity index (χ3v) is 5.34. The standard InChI is InChI=1S/C19H19N3O5S/c1-24-13-7-6-11(14(25-2)15(13)26-3)18(23)20-12-8-9-28-16(12)19-21-17(22-27-19)10-4-5-10/h6-10H,4-5H2,1-3H3,(H,20,23). The summed E-state index contributed by atoms with van der Waals surface area (Å²) in [6.45, 7) is 0. The number of carbonyl (C=O) groups excluding carboxylic acids is 1. The number of carbonyl (C=O) groups is 1. The van der Waals surface area contributed by atoms with Gasteiger partial charge in [0.05, 0.1) is 32.6 Å². The van der Waals surface area contributed by atoms with Crippen LogP contribution in [-0.2, 0) is 0 Å². The van der Waals surface area contributed by atoms with Crippen molar-refractivity contribution in [3.8, 4) is 28.0 Å². The minimum Gasteiger partial charge on any atom is -0.493 e. The van der Waals surface area contributed by atoms with Gasteiger partial charge >= 0.3 is 0 Å². The molecule has 4 rings (SSSR count). The van der Waals surface area contributed by atoms with Crippen molar-refractivity contribution in [2.24, 2.45) is 0 Å². The Labute approximate surface area is 165 Å². The number of anilines is 1. The summed E-state index contributed by atoms with van der Waals surface area (Å²) < 4.78 is 21.4. The molecule has 1 fully saturated rings. The minimum atomic E-state index is -0.348. The second kappa shape index (κ2) is 7.51. The first-order chi connectivity index (χ1) is 13.7. The SMILES string of the molecule is COc1ccc(C(=O)Nc2ccsc2-c2nc(C3CC3)no2)c(OC)c1OC. The van der Waals surface area contributed by atoms with Gasteiger partial charge in [-0.3, -0.25) is 4.79 Å². The maximum absolute atomic E-state index is 12.9. The fourth-order valence-corrected chi connectivity index (χ4v) is 3.65. The van der Waals surface area contributed by atoms with Crippen LogP contribution in [0.4, 0.5) is 5.69 Å². The number of nitrogens with one attached hydrogen (secondary N) is 1. The zero-order valence-electron chi connectivity index (χ0n) is 15.6. The van der Waals surface area contributed by atoms with E-state index in [0.29, 0.717) is 45.2 Å². The summed E-state index contributed by atoms with van der Waals surface area (Å²) in [5, 5.41) is 8.79. The van der Waals surface area contributed by atoms with Crippen molar-refractivity contribution in [2.75, 3.05) is 26.6 Å². The van der Waals surface area contributed by atoms with Gasteiger partial charge in [-0.1, -0.05) is 5.16 Å². The molecule has 0 radical (unpaired) electrons. The molecular weight excluding hydrogens is 382 g/mol. The van der Waals surface area contributed by atoms with Gasteiger partial charge in [-0.15, -0.1) is 11.3 Å². The molecule has 1 aliphatic rings. The highest BCUT2D eigenvalue weighted by molar-refractivity contribution is 7.14. The number of thiophene rings is 1. The van der Waals surface area contributed by atoms with Gasteiger partial charge in [0.15, 0.2) is 17.3 Å². The molecule has 1 saturated carbocycles.